The molecule has 1 aliphatic rings. The van der Waals surface area contributed by atoms with Crippen molar-refractivity contribution in [1.82, 2.24) is 4.90 Å². The van der Waals surface area contributed by atoms with E-state index in [-0.39, 0.29) is 40.1 Å². The third kappa shape index (κ3) is 7.52. The van der Waals surface area contributed by atoms with Crippen LogP contribution >= 0.6 is 23.5 Å². The van der Waals surface area contributed by atoms with Crippen LogP contribution in [0.25, 0.3) is 0 Å². The van der Waals surface area contributed by atoms with Crippen LogP contribution in [0.3, 0.4) is 0 Å². The molecule has 1 aromatic carbocycles. The van der Waals surface area contributed by atoms with Gasteiger partial charge in [-0.25, -0.2) is 4.79 Å². The van der Waals surface area contributed by atoms with Crippen molar-refractivity contribution in [3.63, 3.8) is 0 Å². The fourth-order valence-electron chi connectivity index (χ4n) is 3.03. The minimum atomic E-state index is -0.509. The SMILES string of the molecule is CC(=O)OC(C)SCC1CC(SC(C)=O)CN1C(=O)OCc1ccc([N+](=O)[O-])cc1. The van der Waals surface area contributed by atoms with E-state index in [1.54, 1.807) is 11.8 Å². The van der Waals surface area contributed by atoms with Gasteiger partial charge in [-0.2, -0.15) is 0 Å². The normalized spacial score (nSPS) is 19.2. The summed E-state index contributed by atoms with van der Waals surface area (Å²) in [5, 5.41) is 10.7. The predicted molar refractivity (Wildman–Crippen MR) is 114 cm³/mol. The van der Waals surface area contributed by atoms with Gasteiger partial charge in [0.25, 0.3) is 5.69 Å². The molecule has 30 heavy (non-hydrogen) atoms. The third-order valence-corrected chi connectivity index (χ3v) is 6.46. The Morgan fingerprint density at radius 2 is 1.93 bits per heavy atom. The van der Waals surface area contributed by atoms with E-state index in [0.29, 0.717) is 24.3 Å². The van der Waals surface area contributed by atoms with Gasteiger partial charge in [-0.1, -0.05) is 11.8 Å². The number of ether oxygens (including phenoxy) is 2. The minimum Gasteiger partial charge on any atom is -0.452 e. The molecule has 0 saturated carbocycles. The highest BCUT2D eigenvalue weighted by Gasteiger charge is 2.37. The van der Waals surface area contributed by atoms with Gasteiger partial charge in [0.05, 0.1) is 4.92 Å². The molecule has 0 bridgehead atoms. The zero-order valence-electron chi connectivity index (χ0n) is 16.9. The second-order valence-electron chi connectivity index (χ2n) is 6.76. The van der Waals surface area contributed by atoms with Crippen molar-refractivity contribution in [2.45, 2.75) is 50.5 Å². The molecule has 0 aliphatic carbocycles. The molecule has 11 heteroatoms. The summed E-state index contributed by atoms with van der Waals surface area (Å²) >= 11 is 2.62. The zero-order chi connectivity index (χ0) is 22.3. The molecule has 1 aliphatic heterocycles. The van der Waals surface area contributed by atoms with Crippen LogP contribution in [0, 0.1) is 10.1 Å². The first-order valence-corrected chi connectivity index (χ1v) is 11.2. The number of nitrogens with zero attached hydrogens (tertiary/aromatic N) is 2. The van der Waals surface area contributed by atoms with Crippen molar-refractivity contribution in [3.05, 3.63) is 39.9 Å². The lowest BCUT2D eigenvalue weighted by molar-refractivity contribution is -0.384. The molecule has 1 heterocycles. The van der Waals surface area contributed by atoms with Crippen LogP contribution in [-0.4, -0.2) is 56.0 Å². The molecular formula is C19H24N2O7S2. The van der Waals surface area contributed by atoms with E-state index in [2.05, 4.69) is 0 Å². The van der Waals surface area contributed by atoms with E-state index in [1.165, 1.54) is 61.6 Å². The molecule has 2 rings (SSSR count). The van der Waals surface area contributed by atoms with Gasteiger partial charge in [0, 0.05) is 49.6 Å². The van der Waals surface area contributed by atoms with Gasteiger partial charge in [-0.05, 0) is 31.0 Å². The summed E-state index contributed by atoms with van der Waals surface area (Å²) in [5.74, 6) is 0.168. The van der Waals surface area contributed by atoms with E-state index < -0.39 is 11.0 Å². The number of rotatable bonds is 8. The highest BCUT2D eigenvalue weighted by molar-refractivity contribution is 8.14. The summed E-state index contributed by atoms with van der Waals surface area (Å²) in [6.45, 7) is 4.97. The van der Waals surface area contributed by atoms with Crippen molar-refractivity contribution in [1.29, 1.82) is 0 Å². The lowest BCUT2D eigenvalue weighted by Gasteiger charge is -2.24. The lowest BCUT2D eigenvalue weighted by Crippen LogP contribution is -2.38. The van der Waals surface area contributed by atoms with Crippen LogP contribution in [0.15, 0.2) is 24.3 Å². The van der Waals surface area contributed by atoms with Gasteiger partial charge in [0.2, 0.25) is 0 Å². The topological polar surface area (TPSA) is 116 Å². The highest BCUT2D eigenvalue weighted by Crippen LogP contribution is 2.31. The van der Waals surface area contributed by atoms with Crippen LogP contribution in [-0.2, 0) is 25.7 Å². The summed E-state index contributed by atoms with van der Waals surface area (Å²) < 4.78 is 10.5. The summed E-state index contributed by atoms with van der Waals surface area (Å²) in [7, 11) is 0. The van der Waals surface area contributed by atoms with Crippen LogP contribution in [0.4, 0.5) is 10.5 Å². The Kier molecular flexibility index (Phi) is 8.97. The van der Waals surface area contributed by atoms with Gasteiger partial charge < -0.3 is 14.4 Å². The van der Waals surface area contributed by atoms with E-state index in [1.807, 2.05) is 0 Å². The molecular weight excluding hydrogens is 432 g/mol. The summed E-state index contributed by atoms with van der Waals surface area (Å²) in [6.07, 6.45) is 0.127. The quantitative estimate of drug-likeness (QED) is 0.250. The number of hydrogen-bond acceptors (Lipinski definition) is 9. The van der Waals surface area contributed by atoms with Crippen LogP contribution < -0.4 is 0 Å². The van der Waals surface area contributed by atoms with Gasteiger partial charge in [-0.15, -0.1) is 11.8 Å². The summed E-state index contributed by atoms with van der Waals surface area (Å²) in [4.78, 5) is 47.0. The van der Waals surface area contributed by atoms with Crippen molar-refractivity contribution in [2.24, 2.45) is 0 Å². The Balaban J connectivity index is 1.96. The average Bonchev–Trinajstić information content (AvgIpc) is 3.06. The standard InChI is InChI=1S/C19H24N2O7S2/c1-12(22)28-14(3)29-11-17-8-18(30-13(2)23)9-20(17)19(24)27-10-15-4-6-16(7-5-15)21(25)26/h4-7,14,17-18H,8-11H2,1-3H3. The lowest BCUT2D eigenvalue weighted by atomic mass is 10.2. The molecule has 3 unspecified atom stereocenters. The molecule has 0 spiro atoms. The molecule has 3 atom stereocenters. The van der Waals surface area contributed by atoms with E-state index in [4.69, 9.17) is 9.47 Å². The average molecular weight is 457 g/mol. The Hall–Kier alpha value is -2.27. The highest BCUT2D eigenvalue weighted by atomic mass is 32.2. The third-order valence-electron chi connectivity index (χ3n) is 4.31. The van der Waals surface area contributed by atoms with Crippen molar-refractivity contribution >= 4 is 46.4 Å². The van der Waals surface area contributed by atoms with Crippen molar-refractivity contribution < 1.29 is 28.8 Å². The van der Waals surface area contributed by atoms with Gasteiger partial charge >= 0.3 is 12.1 Å². The van der Waals surface area contributed by atoms with E-state index >= 15 is 0 Å². The predicted octanol–water partition coefficient (Wildman–Crippen LogP) is 3.60. The molecule has 0 aromatic heterocycles. The summed E-state index contributed by atoms with van der Waals surface area (Å²) in [6, 6.07) is 5.63. The van der Waals surface area contributed by atoms with Crippen molar-refractivity contribution in [2.75, 3.05) is 12.3 Å². The zero-order valence-corrected chi connectivity index (χ0v) is 18.6. The van der Waals surface area contributed by atoms with E-state index in [9.17, 15) is 24.5 Å². The summed E-state index contributed by atoms with van der Waals surface area (Å²) in [5.41, 5.74) is 0.255. The number of benzene rings is 1. The number of likely N-dealkylation sites (tertiary alicyclic amines) is 1. The number of amides is 1. The molecule has 1 aromatic rings. The number of thioether (sulfide) groups is 2. The molecule has 1 saturated heterocycles. The van der Waals surface area contributed by atoms with Gasteiger partial charge in [0.15, 0.2) is 5.12 Å². The number of carbonyl (C=O) groups excluding carboxylic acids is 3. The van der Waals surface area contributed by atoms with Gasteiger partial charge in [0.1, 0.15) is 12.0 Å². The Morgan fingerprint density at radius 3 is 2.50 bits per heavy atom. The first kappa shape index (κ1) is 24.0. The van der Waals surface area contributed by atoms with Crippen LogP contribution in [0.5, 0.6) is 0 Å². The first-order chi connectivity index (χ1) is 14.2. The number of nitro groups is 1. The second-order valence-corrected chi connectivity index (χ2v) is 9.57. The monoisotopic (exact) mass is 456 g/mol. The largest absolute Gasteiger partial charge is 0.452 e. The molecule has 164 valence electrons. The molecule has 9 nitrogen and oxygen atoms in total. The maximum Gasteiger partial charge on any atom is 0.410 e. The maximum atomic E-state index is 12.7. The molecule has 1 amide bonds. The number of esters is 1. The first-order valence-electron chi connectivity index (χ1n) is 9.28. The Morgan fingerprint density at radius 1 is 1.27 bits per heavy atom. The maximum absolute atomic E-state index is 12.7. The minimum absolute atomic E-state index is 0.0123. The number of hydrogen-bond donors (Lipinski definition) is 0. The Bertz CT molecular complexity index is 788. The Labute approximate surface area is 183 Å². The molecule has 0 radical (unpaired) electrons. The number of carbonyl (C=O) groups is 3. The van der Waals surface area contributed by atoms with Crippen LogP contribution in [0.1, 0.15) is 32.8 Å². The van der Waals surface area contributed by atoms with E-state index in [0.717, 1.165) is 0 Å². The molecule has 0 N–H and O–H groups in total. The molecule has 1 fully saturated rings. The van der Waals surface area contributed by atoms with Crippen molar-refractivity contribution in [3.8, 4) is 0 Å². The fraction of sp³-hybridized carbons (Fsp3) is 0.526. The van der Waals surface area contributed by atoms with Gasteiger partial charge in [-0.3, -0.25) is 19.7 Å². The fourth-order valence-corrected chi connectivity index (χ4v) is 5.07. The number of nitro benzene ring substituents is 1. The smallest absolute Gasteiger partial charge is 0.410 e. The van der Waals surface area contributed by atoms with Crippen LogP contribution in [0.2, 0.25) is 0 Å². The number of non-ortho nitro benzene ring substituents is 1. The second kappa shape index (κ2) is 11.2.